The van der Waals surface area contributed by atoms with Crippen molar-refractivity contribution in [2.75, 3.05) is 30.9 Å². The van der Waals surface area contributed by atoms with E-state index >= 15 is 0 Å². The molecule has 1 amide bonds. The number of hydrogen-bond donors (Lipinski definition) is 2. The zero-order valence-electron chi connectivity index (χ0n) is 15.1. The van der Waals surface area contributed by atoms with Crippen LogP contribution in [0.5, 0.6) is 11.5 Å². The lowest BCUT2D eigenvalue weighted by Gasteiger charge is -2.14. The number of rotatable bonds is 9. The molecule has 0 unspecified atom stereocenters. The van der Waals surface area contributed by atoms with E-state index in [-0.39, 0.29) is 5.91 Å². The molecular formula is C18H25N3O3S. The minimum Gasteiger partial charge on any atom is -0.490 e. The van der Waals surface area contributed by atoms with Gasteiger partial charge in [0.15, 0.2) is 11.5 Å². The number of anilines is 2. The molecular weight excluding hydrogens is 338 g/mol. The van der Waals surface area contributed by atoms with E-state index in [9.17, 15) is 4.79 Å². The number of aryl methyl sites for hydroxylation is 1. The third-order valence-electron chi connectivity index (χ3n) is 3.44. The first kappa shape index (κ1) is 19.1. The van der Waals surface area contributed by atoms with Gasteiger partial charge in [-0.25, -0.2) is 0 Å². The van der Waals surface area contributed by atoms with Crippen molar-refractivity contribution in [2.24, 2.45) is 0 Å². The Kier molecular flexibility index (Phi) is 7.06. The summed E-state index contributed by atoms with van der Waals surface area (Å²) in [4.78, 5) is 12.6. The molecule has 136 valence electrons. The van der Waals surface area contributed by atoms with E-state index in [2.05, 4.69) is 21.9 Å². The average Bonchev–Trinajstić information content (AvgIpc) is 2.99. The number of aromatic nitrogens is 1. The lowest BCUT2D eigenvalue weighted by atomic mass is 10.2. The Morgan fingerprint density at radius 3 is 2.48 bits per heavy atom. The second-order valence-electron chi connectivity index (χ2n) is 5.53. The molecule has 7 heteroatoms. The van der Waals surface area contributed by atoms with Gasteiger partial charge in [0.2, 0.25) is 0 Å². The minimum absolute atomic E-state index is 0.195. The highest BCUT2D eigenvalue weighted by Crippen LogP contribution is 2.32. The van der Waals surface area contributed by atoms with E-state index in [1.165, 1.54) is 11.5 Å². The monoisotopic (exact) mass is 363 g/mol. The molecule has 0 spiro atoms. The number of amides is 1. The van der Waals surface area contributed by atoms with Crippen molar-refractivity contribution in [3.63, 3.8) is 0 Å². The van der Waals surface area contributed by atoms with Gasteiger partial charge in [0.1, 0.15) is 5.00 Å². The molecule has 1 heterocycles. The lowest BCUT2D eigenvalue weighted by molar-refractivity contribution is 0.102. The molecule has 2 N–H and O–H groups in total. The fraction of sp³-hybridized carbons (Fsp3) is 0.444. The topological polar surface area (TPSA) is 72.5 Å². The van der Waals surface area contributed by atoms with Crippen LogP contribution < -0.4 is 20.1 Å². The van der Waals surface area contributed by atoms with E-state index in [0.29, 0.717) is 41.7 Å². The van der Waals surface area contributed by atoms with Crippen LogP contribution in [0.4, 0.5) is 10.7 Å². The smallest absolute Gasteiger partial charge is 0.260 e. The van der Waals surface area contributed by atoms with Gasteiger partial charge in [-0.15, -0.1) is 0 Å². The summed E-state index contributed by atoms with van der Waals surface area (Å²) in [5.74, 6) is 1.14. The summed E-state index contributed by atoms with van der Waals surface area (Å²) < 4.78 is 15.7. The maximum Gasteiger partial charge on any atom is 0.260 e. The first-order chi connectivity index (χ1) is 12.1. The first-order valence-corrected chi connectivity index (χ1v) is 9.23. The summed E-state index contributed by atoms with van der Waals surface area (Å²) in [6.45, 7) is 7.14. The van der Waals surface area contributed by atoms with E-state index in [1.807, 2.05) is 26.0 Å². The van der Waals surface area contributed by atoms with Crippen molar-refractivity contribution >= 4 is 28.1 Å². The van der Waals surface area contributed by atoms with Gasteiger partial charge in [0, 0.05) is 18.8 Å². The quantitative estimate of drug-likeness (QED) is 0.694. The number of carbonyl (C=O) groups is 1. The van der Waals surface area contributed by atoms with Crippen LogP contribution in [0, 0.1) is 6.92 Å². The Balaban J connectivity index is 2.20. The molecule has 25 heavy (non-hydrogen) atoms. The predicted molar refractivity (Wildman–Crippen MR) is 102 cm³/mol. The fourth-order valence-corrected chi connectivity index (χ4v) is 2.99. The third kappa shape index (κ3) is 4.85. The molecule has 0 bridgehead atoms. The molecule has 0 fully saturated rings. The van der Waals surface area contributed by atoms with Gasteiger partial charge in [-0.2, -0.15) is 4.37 Å². The Labute approximate surface area is 152 Å². The average molecular weight is 363 g/mol. The van der Waals surface area contributed by atoms with Crippen LogP contribution in [-0.2, 0) is 0 Å². The summed E-state index contributed by atoms with van der Waals surface area (Å²) in [5, 5.41) is 6.67. The molecule has 0 saturated carbocycles. The van der Waals surface area contributed by atoms with Crippen molar-refractivity contribution in [3.05, 3.63) is 29.5 Å². The predicted octanol–water partition coefficient (Wildman–Crippen LogP) is 4.32. The molecule has 0 saturated heterocycles. The summed E-state index contributed by atoms with van der Waals surface area (Å²) in [7, 11) is 1.78. The van der Waals surface area contributed by atoms with Crippen LogP contribution >= 0.6 is 11.5 Å². The largest absolute Gasteiger partial charge is 0.490 e. The number of nitrogens with zero attached hydrogens (tertiary/aromatic N) is 1. The molecule has 6 nitrogen and oxygen atoms in total. The van der Waals surface area contributed by atoms with Crippen LogP contribution in [0.3, 0.4) is 0 Å². The maximum absolute atomic E-state index is 12.6. The Bertz CT molecular complexity index is 716. The van der Waals surface area contributed by atoms with Gasteiger partial charge >= 0.3 is 0 Å². The zero-order chi connectivity index (χ0) is 18.2. The highest BCUT2D eigenvalue weighted by Gasteiger charge is 2.18. The summed E-state index contributed by atoms with van der Waals surface area (Å²) in [6, 6.07) is 5.44. The third-order valence-corrected chi connectivity index (χ3v) is 4.40. The zero-order valence-corrected chi connectivity index (χ0v) is 16.0. The van der Waals surface area contributed by atoms with Crippen molar-refractivity contribution in [2.45, 2.75) is 33.6 Å². The van der Waals surface area contributed by atoms with Gasteiger partial charge < -0.3 is 20.1 Å². The van der Waals surface area contributed by atoms with Gasteiger partial charge in [-0.3, -0.25) is 4.79 Å². The van der Waals surface area contributed by atoms with Gasteiger partial charge in [0.25, 0.3) is 5.91 Å². The van der Waals surface area contributed by atoms with Gasteiger partial charge in [-0.05, 0) is 43.4 Å². The van der Waals surface area contributed by atoms with E-state index in [4.69, 9.17) is 9.47 Å². The molecule has 2 aromatic rings. The van der Waals surface area contributed by atoms with Crippen LogP contribution in [0.15, 0.2) is 18.2 Å². The second-order valence-corrected chi connectivity index (χ2v) is 6.31. The van der Waals surface area contributed by atoms with Crippen molar-refractivity contribution < 1.29 is 14.3 Å². The first-order valence-electron chi connectivity index (χ1n) is 8.45. The molecule has 1 aromatic carbocycles. The molecule has 0 atom stereocenters. The lowest BCUT2D eigenvalue weighted by Crippen LogP contribution is -2.14. The van der Waals surface area contributed by atoms with Crippen molar-refractivity contribution in [3.8, 4) is 11.5 Å². The van der Waals surface area contributed by atoms with Crippen LogP contribution in [0.25, 0.3) is 0 Å². The normalized spacial score (nSPS) is 10.4. The van der Waals surface area contributed by atoms with E-state index in [0.717, 1.165) is 17.8 Å². The number of benzene rings is 1. The number of carbonyl (C=O) groups excluding carboxylic acids is 1. The van der Waals surface area contributed by atoms with Crippen LogP contribution in [0.1, 0.15) is 42.7 Å². The summed E-state index contributed by atoms with van der Waals surface area (Å²) in [5.41, 5.74) is 1.93. The molecule has 0 aliphatic heterocycles. The van der Waals surface area contributed by atoms with Crippen LogP contribution in [-0.4, -0.2) is 30.5 Å². The maximum atomic E-state index is 12.6. The Morgan fingerprint density at radius 1 is 1.16 bits per heavy atom. The fourth-order valence-electron chi connectivity index (χ4n) is 2.24. The van der Waals surface area contributed by atoms with Gasteiger partial charge in [-0.1, -0.05) is 13.8 Å². The Morgan fingerprint density at radius 2 is 1.84 bits per heavy atom. The molecule has 0 radical (unpaired) electrons. The van der Waals surface area contributed by atoms with E-state index in [1.54, 1.807) is 13.1 Å². The Hall–Kier alpha value is -2.28. The highest BCUT2D eigenvalue weighted by atomic mass is 32.1. The van der Waals surface area contributed by atoms with Crippen molar-refractivity contribution in [1.82, 2.24) is 4.37 Å². The van der Waals surface area contributed by atoms with Gasteiger partial charge in [0.05, 0.1) is 24.5 Å². The molecule has 0 aliphatic rings. The van der Waals surface area contributed by atoms with E-state index < -0.39 is 0 Å². The number of hydrogen-bond acceptors (Lipinski definition) is 6. The second kappa shape index (κ2) is 9.27. The number of ether oxygens (including phenoxy) is 2. The minimum atomic E-state index is -0.195. The summed E-state index contributed by atoms with van der Waals surface area (Å²) in [6.07, 6.45) is 1.82. The van der Waals surface area contributed by atoms with Crippen molar-refractivity contribution in [1.29, 1.82) is 0 Å². The molecule has 2 rings (SSSR count). The van der Waals surface area contributed by atoms with Crippen LogP contribution in [0.2, 0.25) is 0 Å². The SMILES string of the molecule is CCCOc1ccc(NC(=O)c2c(C)nsc2NC)cc1OCCC. The molecule has 1 aromatic heterocycles. The standard InChI is InChI=1S/C18H25N3O3S/c1-5-9-23-14-8-7-13(11-15(14)24-10-6-2)20-17(22)16-12(3)21-25-18(16)19-4/h7-8,11,19H,5-6,9-10H2,1-4H3,(H,20,22). The number of nitrogens with one attached hydrogen (secondary N) is 2. The highest BCUT2D eigenvalue weighted by molar-refractivity contribution is 7.10. The molecule has 0 aliphatic carbocycles. The summed E-state index contributed by atoms with van der Waals surface area (Å²) >= 11 is 1.27.